The first-order valence-corrected chi connectivity index (χ1v) is 11.6. The first kappa shape index (κ1) is 29.6. The van der Waals surface area contributed by atoms with Gasteiger partial charge in [0.1, 0.15) is 11.6 Å². The van der Waals surface area contributed by atoms with Crippen LogP contribution in [0.2, 0.25) is 0 Å². The summed E-state index contributed by atoms with van der Waals surface area (Å²) in [6.45, 7) is 6.36. The third kappa shape index (κ3) is 9.41. The molecule has 0 unspecified atom stereocenters. The maximum absolute atomic E-state index is 13.2. The average molecular weight is 525 g/mol. The molecule has 2 N–H and O–H groups in total. The highest BCUT2D eigenvalue weighted by Gasteiger charge is 2.37. The predicted octanol–water partition coefficient (Wildman–Crippen LogP) is 4.62. The topological polar surface area (TPSA) is 105 Å². The number of carboxylic acid groups (broad SMARTS) is 1. The molecule has 0 saturated heterocycles. The largest absolute Gasteiger partial charge is 0.480 e. The summed E-state index contributed by atoms with van der Waals surface area (Å²) in [6, 6.07) is 9.97. The molecule has 0 aliphatic rings. The van der Waals surface area contributed by atoms with Gasteiger partial charge < -0.3 is 14.6 Å². The van der Waals surface area contributed by atoms with Gasteiger partial charge in [-0.05, 0) is 44.9 Å². The number of carboxylic acids is 1. The lowest BCUT2D eigenvalue weighted by atomic mass is 10.0. The molecule has 0 fully saturated rings. The Hall–Kier alpha value is -3.60. The van der Waals surface area contributed by atoms with Crippen LogP contribution < -0.4 is 5.43 Å². The Morgan fingerprint density at radius 2 is 1.59 bits per heavy atom. The number of esters is 1. The van der Waals surface area contributed by atoms with E-state index in [1.807, 2.05) is 0 Å². The van der Waals surface area contributed by atoms with Gasteiger partial charge in [0.2, 0.25) is 0 Å². The van der Waals surface area contributed by atoms with Gasteiger partial charge in [0.15, 0.2) is 6.04 Å². The van der Waals surface area contributed by atoms with E-state index in [2.05, 4.69) is 5.43 Å². The Balaban J connectivity index is 2.46. The fraction of sp³-hybridized carbons (Fsp3) is 0.423. The molecule has 2 aromatic carbocycles. The molecule has 0 radical (unpaired) electrons. The van der Waals surface area contributed by atoms with Gasteiger partial charge in [-0.2, -0.15) is 13.2 Å². The Labute approximate surface area is 213 Å². The zero-order chi connectivity index (χ0) is 27.8. The van der Waals surface area contributed by atoms with Crippen molar-refractivity contribution in [2.24, 2.45) is 0 Å². The van der Waals surface area contributed by atoms with Crippen molar-refractivity contribution < 1.29 is 42.1 Å². The molecule has 0 saturated carbocycles. The number of aliphatic carboxylic acids is 1. The summed E-state index contributed by atoms with van der Waals surface area (Å²) in [6.07, 6.45) is -6.12. The van der Waals surface area contributed by atoms with E-state index in [1.165, 1.54) is 12.1 Å². The molecule has 202 valence electrons. The molecule has 11 heteroatoms. The van der Waals surface area contributed by atoms with Crippen molar-refractivity contribution in [1.82, 2.24) is 10.4 Å². The van der Waals surface area contributed by atoms with Gasteiger partial charge in [-0.3, -0.25) is 4.79 Å². The summed E-state index contributed by atoms with van der Waals surface area (Å²) < 4.78 is 50.0. The number of ether oxygens (including phenoxy) is 2. The average Bonchev–Trinajstić information content (AvgIpc) is 2.79. The van der Waals surface area contributed by atoms with Crippen LogP contribution in [0.25, 0.3) is 0 Å². The first-order valence-electron chi connectivity index (χ1n) is 11.6. The smallest absolute Gasteiger partial charge is 0.425 e. The van der Waals surface area contributed by atoms with Crippen LogP contribution in [0.15, 0.2) is 54.6 Å². The van der Waals surface area contributed by atoms with Gasteiger partial charge in [0, 0.05) is 12.8 Å². The van der Waals surface area contributed by atoms with E-state index in [-0.39, 0.29) is 18.6 Å². The van der Waals surface area contributed by atoms with E-state index >= 15 is 0 Å². The standard InChI is InChI=1S/C26H31F3N2O6/c1-5-36-23(34)21(16-17-10-7-6-8-11-17)31(24(35)37-25(2,3)4)30-20(22(32)33)15-18-12-9-13-19(14-18)26(27,28)29/h6-14,20-21,30H,5,15-16H2,1-4H3,(H,32,33)/t20-,21-/m0/s1. The third-order valence-electron chi connectivity index (χ3n) is 5.02. The Kier molecular flexibility index (Phi) is 10.1. The highest BCUT2D eigenvalue weighted by atomic mass is 19.4. The minimum absolute atomic E-state index is 0.00112. The van der Waals surface area contributed by atoms with Crippen molar-refractivity contribution in [3.8, 4) is 0 Å². The highest BCUT2D eigenvalue weighted by molar-refractivity contribution is 5.82. The highest BCUT2D eigenvalue weighted by Crippen LogP contribution is 2.29. The van der Waals surface area contributed by atoms with Gasteiger partial charge in [0.25, 0.3) is 0 Å². The summed E-state index contributed by atoms with van der Waals surface area (Å²) in [5.74, 6) is -2.26. The summed E-state index contributed by atoms with van der Waals surface area (Å²) in [4.78, 5) is 38.3. The molecule has 0 spiro atoms. The zero-order valence-electron chi connectivity index (χ0n) is 21.0. The fourth-order valence-corrected chi connectivity index (χ4v) is 3.40. The molecule has 0 aromatic heterocycles. The number of hydrazine groups is 1. The normalized spacial score (nSPS) is 13.4. The Bertz CT molecular complexity index is 1070. The molecule has 2 rings (SSSR count). The number of alkyl halides is 3. The number of hydrogen-bond donors (Lipinski definition) is 2. The van der Waals surface area contributed by atoms with Crippen LogP contribution in [-0.2, 0) is 38.1 Å². The third-order valence-corrected chi connectivity index (χ3v) is 5.02. The lowest BCUT2D eigenvalue weighted by Crippen LogP contribution is -2.60. The molecule has 37 heavy (non-hydrogen) atoms. The number of hydrogen-bond acceptors (Lipinski definition) is 6. The minimum Gasteiger partial charge on any atom is -0.480 e. The summed E-state index contributed by atoms with van der Waals surface area (Å²) in [5, 5.41) is 10.6. The van der Waals surface area contributed by atoms with Gasteiger partial charge in [-0.25, -0.2) is 20.0 Å². The van der Waals surface area contributed by atoms with Crippen LogP contribution in [-0.4, -0.2) is 52.4 Å². The number of nitrogens with zero attached hydrogens (tertiary/aromatic N) is 1. The van der Waals surface area contributed by atoms with Crippen LogP contribution in [0.3, 0.4) is 0 Å². The maximum atomic E-state index is 13.2. The van der Waals surface area contributed by atoms with Gasteiger partial charge in [0.05, 0.1) is 12.2 Å². The van der Waals surface area contributed by atoms with Crippen molar-refractivity contribution >= 4 is 18.0 Å². The SMILES string of the molecule is CCOC(=O)[C@H](Cc1ccccc1)N(N[C@@H](Cc1cccc(C(F)(F)F)c1)C(=O)O)C(=O)OC(C)(C)C. The van der Waals surface area contributed by atoms with Crippen LogP contribution in [0.1, 0.15) is 44.4 Å². The quantitative estimate of drug-likeness (QED) is 0.345. The number of nitrogens with one attached hydrogen (secondary N) is 1. The van der Waals surface area contributed by atoms with Crippen LogP contribution in [0, 0.1) is 0 Å². The van der Waals surface area contributed by atoms with Gasteiger partial charge in [-0.15, -0.1) is 0 Å². The molecular weight excluding hydrogens is 493 g/mol. The van der Waals surface area contributed by atoms with E-state index in [9.17, 15) is 32.7 Å². The molecule has 0 heterocycles. The minimum atomic E-state index is -4.62. The second-order valence-corrected chi connectivity index (χ2v) is 9.23. The first-order chi connectivity index (χ1) is 17.2. The lowest BCUT2D eigenvalue weighted by Gasteiger charge is -2.34. The predicted molar refractivity (Wildman–Crippen MR) is 128 cm³/mol. The van der Waals surface area contributed by atoms with Crippen molar-refractivity contribution in [3.05, 3.63) is 71.3 Å². The number of amides is 1. The summed E-state index contributed by atoms with van der Waals surface area (Å²) in [7, 11) is 0. The summed E-state index contributed by atoms with van der Waals surface area (Å²) >= 11 is 0. The van der Waals surface area contributed by atoms with E-state index in [4.69, 9.17) is 9.47 Å². The van der Waals surface area contributed by atoms with E-state index in [1.54, 1.807) is 58.0 Å². The van der Waals surface area contributed by atoms with Crippen LogP contribution in [0.4, 0.5) is 18.0 Å². The molecular formula is C26H31F3N2O6. The van der Waals surface area contributed by atoms with Gasteiger partial charge in [-0.1, -0.05) is 48.5 Å². The second-order valence-electron chi connectivity index (χ2n) is 9.23. The van der Waals surface area contributed by atoms with Crippen molar-refractivity contribution in [2.45, 2.75) is 64.4 Å². The van der Waals surface area contributed by atoms with Crippen LogP contribution >= 0.6 is 0 Å². The molecule has 2 atom stereocenters. The van der Waals surface area contributed by atoms with E-state index in [0.29, 0.717) is 5.56 Å². The van der Waals surface area contributed by atoms with Crippen molar-refractivity contribution in [3.63, 3.8) is 0 Å². The number of carbonyl (C=O) groups is 3. The Morgan fingerprint density at radius 1 is 0.973 bits per heavy atom. The monoisotopic (exact) mass is 524 g/mol. The van der Waals surface area contributed by atoms with Gasteiger partial charge >= 0.3 is 24.2 Å². The molecule has 0 aliphatic heterocycles. The second kappa shape index (κ2) is 12.6. The molecule has 2 aromatic rings. The number of halogens is 3. The molecule has 0 aliphatic carbocycles. The molecule has 8 nitrogen and oxygen atoms in total. The van der Waals surface area contributed by atoms with E-state index < -0.39 is 53.9 Å². The maximum Gasteiger partial charge on any atom is 0.425 e. The molecule has 1 amide bonds. The summed E-state index contributed by atoms with van der Waals surface area (Å²) in [5.41, 5.74) is 1.30. The Morgan fingerprint density at radius 3 is 2.14 bits per heavy atom. The molecule has 0 bridgehead atoms. The zero-order valence-corrected chi connectivity index (χ0v) is 21.0. The van der Waals surface area contributed by atoms with Crippen molar-refractivity contribution in [1.29, 1.82) is 0 Å². The number of rotatable bonds is 10. The van der Waals surface area contributed by atoms with Crippen LogP contribution in [0.5, 0.6) is 0 Å². The van der Waals surface area contributed by atoms with Crippen molar-refractivity contribution in [2.75, 3.05) is 6.61 Å². The van der Waals surface area contributed by atoms with E-state index in [0.717, 1.165) is 17.1 Å². The number of carbonyl (C=O) groups excluding carboxylic acids is 2. The number of benzene rings is 2. The fourth-order valence-electron chi connectivity index (χ4n) is 3.40. The lowest BCUT2D eigenvalue weighted by molar-refractivity contribution is -0.153.